The quantitative estimate of drug-likeness (QED) is 0.402. The Morgan fingerprint density at radius 1 is 0.956 bits per heavy atom. The van der Waals surface area contributed by atoms with Crippen LogP contribution >= 0.6 is 0 Å². The van der Waals surface area contributed by atoms with Crippen molar-refractivity contribution in [2.45, 2.75) is 70.6 Å². The van der Waals surface area contributed by atoms with E-state index in [1.807, 2.05) is 24.8 Å². The summed E-state index contributed by atoms with van der Waals surface area (Å²) in [5, 5.41) is 4.36. The molecule has 1 aliphatic carbocycles. The number of carbonyl (C=O) groups is 2. The molecule has 0 bridgehead atoms. The number of aromatic nitrogens is 1. The van der Waals surface area contributed by atoms with Gasteiger partial charge in [0.05, 0.1) is 37.7 Å². The van der Waals surface area contributed by atoms with E-state index in [0.29, 0.717) is 37.7 Å². The minimum atomic E-state index is -0.0583. The molecule has 7 rings (SSSR count). The van der Waals surface area contributed by atoms with Gasteiger partial charge in [0, 0.05) is 66.9 Å². The van der Waals surface area contributed by atoms with Gasteiger partial charge in [0.25, 0.3) is 11.8 Å². The number of benzene rings is 2. The van der Waals surface area contributed by atoms with Gasteiger partial charge in [-0.2, -0.15) is 0 Å². The van der Waals surface area contributed by atoms with Gasteiger partial charge < -0.3 is 24.3 Å². The van der Waals surface area contributed by atoms with Crippen LogP contribution in [0.5, 0.6) is 0 Å². The van der Waals surface area contributed by atoms with Crippen LogP contribution in [0.25, 0.3) is 28.2 Å². The van der Waals surface area contributed by atoms with E-state index in [0.717, 1.165) is 55.1 Å². The first-order valence-electron chi connectivity index (χ1n) is 17.0. The van der Waals surface area contributed by atoms with Crippen molar-refractivity contribution >= 4 is 28.8 Å². The van der Waals surface area contributed by atoms with E-state index in [4.69, 9.17) is 9.47 Å². The first-order chi connectivity index (χ1) is 22.0. The molecular weight excluding hydrogens is 564 g/mol. The normalized spacial score (nSPS) is 22.8. The van der Waals surface area contributed by atoms with Crippen LogP contribution in [0.1, 0.15) is 73.4 Å². The largest absolute Gasteiger partial charge is 0.379 e. The van der Waals surface area contributed by atoms with Gasteiger partial charge in [-0.3, -0.25) is 14.5 Å². The molecule has 3 aromatic rings. The monoisotopic (exact) mass is 610 g/mol. The zero-order chi connectivity index (χ0) is 30.9. The van der Waals surface area contributed by atoms with Crippen molar-refractivity contribution in [3.63, 3.8) is 0 Å². The van der Waals surface area contributed by atoms with Crippen molar-refractivity contribution < 1.29 is 19.1 Å². The van der Waals surface area contributed by atoms with Gasteiger partial charge in [0.2, 0.25) is 0 Å². The van der Waals surface area contributed by atoms with E-state index in [2.05, 4.69) is 57.3 Å². The molecule has 0 unspecified atom stereocenters. The molecule has 2 amide bonds. The van der Waals surface area contributed by atoms with Crippen LogP contribution in [-0.2, 0) is 20.8 Å². The fourth-order valence-electron chi connectivity index (χ4n) is 7.95. The summed E-state index contributed by atoms with van der Waals surface area (Å²) in [5.74, 6) is 0.465. The molecule has 1 N–H and O–H groups in total. The summed E-state index contributed by atoms with van der Waals surface area (Å²) in [6.07, 6.45) is 8.19. The van der Waals surface area contributed by atoms with E-state index in [9.17, 15) is 9.59 Å². The highest BCUT2D eigenvalue weighted by Crippen LogP contribution is 2.46. The molecule has 3 fully saturated rings. The van der Waals surface area contributed by atoms with E-state index in [1.165, 1.54) is 48.7 Å². The molecule has 1 saturated carbocycles. The Morgan fingerprint density at radius 2 is 1.71 bits per heavy atom. The Hall–Kier alpha value is -3.46. The number of rotatable bonds is 6. The summed E-state index contributed by atoms with van der Waals surface area (Å²) in [6.45, 7) is 10.4. The second-order valence-electron chi connectivity index (χ2n) is 13.3. The Labute approximate surface area is 266 Å². The summed E-state index contributed by atoms with van der Waals surface area (Å²) >= 11 is 0. The minimum Gasteiger partial charge on any atom is -0.379 e. The zero-order valence-electron chi connectivity index (χ0n) is 26.7. The van der Waals surface area contributed by atoms with Gasteiger partial charge in [-0.05, 0) is 61.9 Å². The lowest BCUT2D eigenvalue weighted by Gasteiger charge is -2.35. The first kappa shape index (κ1) is 30.2. The summed E-state index contributed by atoms with van der Waals surface area (Å²) in [7, 11) is 0. The predicted molar refractivity (Wildman–Crippen MR) is 177 cm³/mol. The SMILES string of the molecule is C[C@@H]1CN(C(=O)C2=Cc3ccccc3-c3c(C4CCCCC4)c4ccc(C(=O)NCCN5CCOCC5)cc4n3C2)C[C@H](C)O1. The van der Waals surface area contributed by atoms with E-state index >= 15 is 0 Å². The molecule has 4 aliphatic rings. The molecule has 2 aromatic carbocycles. The third kappa shape index (κ3) is 6.20. The highest BCUT2D eigenvalue weighted by Gasteiger charge is 2.33. The molecule has 45 heavy (non-hydrogen) atoms. The molecule has 8 heteroatoms. The predicted octanol–water partition coefficient (Wildman–Crippen LogP) is 5.45. The van der Waals surface area contributed by atoms with Gasteiger partial charge in [-0.15, -0.1) is 0 Å². The number of amides is 2. The van der Waals surface area contributed by atoms with Crippen LogP contribution in [0.4, 0.5) is 0 Å². The van der Waals surface area contributed by atoms with Crippen LogP contribution in [0.2, 0.25) is 0 Å². The lowest BCUT2D eigenvalue weighted by atomic mass is 9.81. The molecule has 2 atom stereocenters. The van der Waals surface area contributed by atoms with E-state index in [-0.39, 0.29) is 24.0 Å². The molecular formula is C37H46N4O4. The van der Waals surface area contributed by atoms with Gasteiger partial charge in [-0.25, -0.2) is 0 Å². The summed E-state index contributed by atoms with van der Waals surface area (Å²) in [4.78, 5) is 31.9. The molecule has 8 nitrogen and oxygen atoms in total. The molecule has 0 radical (unpaired) electrons. The third-order valence-electron chi connectivity index (χ3n) is 10.1. The minimum absolute atomic E-state index is 0.00144. The van der Waals surface area contributed by atoms with Crippen molar-refractivity contribution in [3.8, 4) is 11.3 Å². The van der Waals surface area contributed by atoms with Crippen LogP contribution in [0, 0.1) is 0 Å². The maximum absolute atomic E-state index is 14.2. The van der Waals surface area contributed by atoms with E-state index < -0.39 is 0 Å². The van der Waals surface area contributed by atoms with Crippen LogP contribution in [0.15, 0.2) is 48.0 Å². The Bertz CT molecular complexity index is 1590. The zero-order valence-corrected chi connectivity index (χ0v) is 26.7. The fourth-order valence-corrected chi connectivity index (χ4v) is 7.95. The average Bonchev–Trinajstić information content (AvgIpc) is 3.27. The topological polar surface area (TPSA) is 76.0 Å². The van der Waals surface area contributed by atoms with Crippen molar-refractivity contribution in [1.82, 2.24) is 19.7 Å². The Balaban J connectivity index is 1.28. The number of hydrogen-bond donors (Lipinski definition) is 1. The van der Waals surface area contributed by atoms with Gasteiger partial charge in [0.15, 0.2) is 0 Å². The highest BCUT2D eigenvalue weighted by atomic mass is 16.5. The van der Waals surface area contributed by atoms with Gasteiger partial charge >= 0.3 is 0 Å². The maximum atomic E-state index is 14.2. The molecule has 2 saturated heterocycles. The average molecular weight is 611 g/mol. The molecule has 238 valence electrons. The van der Waals surface area contributed by atoms with Gasteiger partial charge in [0.1, 0.15) is 0 Å². The lowest BCUT2D eigenvalue weighted by molar-refractivity contribution is -0.139. The summed E-state index contributed by atoms with van der Waals surface area (Å²) in [6, 6.07) is 14.7. The smallest absolute Gasteiger partial charge is 0.251 e. The number of morpholine rings is 2. The van der Waals surface area contributed by atoms with E-state index in [1.54, 1.807) is 0 Å². The number of nitrogens with one attached hydrogen (secondary N) is 1. The standard InChI is InChI=1S/C37H46N4O4/c1-25-22-40(23-26(2)45-25)37(43)30-20-28-10-6-7-11-31(28)35-34(27-8-4-3-5-9-27)32-13-12-29(21-33(32)41(35)24-30)36(42)38-14-15-39-16-18-44-19-17-39/h6-7,10-13,20-21,25-27H,3-5,8-9,14-19,22-24H2,1-2H3,(H,38,42)/t25-,26+. The second kappa shape index (κ2) is 13.1. The first-order valence-corrected chi connectivity index (χ1v) is 17.0. The Morgan fingerprint density at radius 3 is 2.49 bits per heavy atom. The molecule has 1 aromatic heterocycles. The molecule has 4 heterocycles. The third-order valence-corrected chi connectivity index (χ3v) is 10.1. The van der Waals surface area contributed by atoms with Crippen LogP contribution < -0.4 is 5.32 Å². The number of ether oxygens (including phenoxy) is 2. The number of carbonyl (C=O) groups excluding carboxylic acids is 2. The van der Waals surface area contributed by atoms with Crippen molar-refractivity contribution in [2.24, 2.45) is 0 Å². The summed E-state index contributed by atoms with van der Waals surface area (Å²) in [5.41, 5.74) is 7.30. The summed E-state index contributed by atoms with van der Waals surface area (Å²) < 4.78 is 13.8. The number of fused-ring (bicyclic) bond motifs is 5. The van der Waals surface area contributed by atoms with Gasteiger partial charge in [-0.1, -0.05) is 49.6 Å². The fraction of sp³-hybridized carbons (Fsp3) is 0.514. The number of nitrogens with zero attached hydrogens (tertiary/aromatic N) is 3. The Kier molecular flexibility index (Phi) is 8.80. The molecule has 0 spiro atoms. The van der Waals surface area contributed by atoms with Crippen LogP contribution in [0.3, 0.4) is 0 Å². The molecule has 3 aliphatic heterocycles. The second-order valence-corrected chi connectivity index (χ2v) is 13.3. The van der Waals surface area contributed by atoms with Crippen molar-refractivity contribution in [1.29, 1.82) is 0 Å². The maximum Gasteiger partial charge on any atom is 0.251 e. The van der Waals surface area contributed by atoms with Crippen LogP contribution in [-0.4, -0.2) is 90.9 Å². The van der Waals surface area contributed by atoms with Crippen molar-refractivity contribution in [2.75, 3.05) is 52.5 Å². The lowest BCUT2D eigenvalue weighted by Crippen LogP contribution is -2.48. The number of hydrogen-bond acceptors (Lipinski definition) is 5. The highest BCUT2D eigenvalue weighted by molar-refractivity contribution is 6.04. The van der Waals surface area contributed by atoms with Crippen molar-refractivity contribution in [3.05, 3.63) is 64.7 Å².